The van der Waals surface area contributed by atoms with Crippen molar-refractivity contribution < 1.29 is 4.42 Å². The van der Waals surface area contributed by atoms with E-state index in [2.05, 4.69) is 23.9 Å². The summed E-state index contributed by atoms with van der Waals surface area (Å²) in [6.45, 7) is 3.69. The van der Waals surface area contributed by atoms with Crippen LogP contribution in [-0.4, -0.2) is 43.0 Å². The SMILES string of the molecule is CN(Cc1ccc(CN)o1)CC1CCCN1C. The van der Waals surface area contributed by atoms with Crippen LogP contribution in [0.1, 0.15) is 24.4 Å². The Hall–Kier alpha value is -0.840. The molecule has 2 N–H and O–H groups in total. The van der Waals surface area contributed by atoms with Gasteiger partial charge in [0.15, 0.2) is 0 Å². The zero-order valence-corrected chi connectivity index (χ0v) is 10.9. The van der Waals surface area contributed by atoms with E-state index in [9.17, 15) is 0 Å². The third kappa shape index (κ3) is 3.31. The summed E-state index contributed by atoms with van der Waals surface area (Å²) in [5.41, 5.74) is 5.53. The van der Waals surface area contributed by atoms with Crippen molar-refractivity contribution in [3.05, 3.63) is 23.7 Å². The zero-order chi connectivity index (χ0) is 12.3. The van der Waals surface area contributed by atoms with Gasteiger partial charge in [0.1, 0.15) is 11.5 Å². The minimum atomic E-state index is 0.481. The van der Waals surface area contributed by atoms with Crippen LogP contribution in [0.2, 0.25) is 0 Å². The van der Waals surface area contributed by atoms with Crippen LogP contribution in [0.15, 0.2) is 16.5 Å². The van der Waals surface area contributed by atoms with E-state index in [-0.39, 0.29) is 0 Å². The summed E-state index contributed by atoms with van der Waals surface area (Å²) >= 11 is 0. The van der Waals surface area contributed by atoms with Crippen molar-refractivity contribution in [2.24, 2.45) is 5.73 Å². The molecule has 0 saturated carbocycles. The second-order valence-electron chi connectivity index (χ2n) is 5.05. The Morgan fingerprint density at radius 2 is 2.24 bits per heavy atom. The molecule has 17 heavy (non-hydrogen) atoms. The molecule has 0 spiro atoms. The molecule has 1 atom stereocenters. The molecular formula is C13H23N3O. The highest BCUT2D eigenvalue weighted by molar-refractivity contribution is 5.06. The van der Waals surface area contributed by atoms with Crippen LogP contribution >= 0.6 is 0 Å². The summed E-state index contributed by atoms with van der Waals surface area (Å²) in [5, 5.41) is 0. The molecule has 1 aliphatic heterocycles. The molecule has 96 valence electrons. The highest BCUT2D eigenvalue weighted by atomic mass is 16.3. The molecule has 1 unspecified atom stereocenters. The maximum absolute atomic E-state index is 5.61. The molecule has 0 radical (unpaired) electrons. The first kappa shape index (κ1) is 12.6. The fraction of sp³-hybridized carbons (Fsp3) is 0.692. The maximum atomic E-state index is 5.61. The topological polar surface area (TPSA) is 45.6 Å². The standard InChI is InChI=1S/C13H23N3O/c1-15(9-11-4-3-7-16(11)2)10-13-6-5-12(8-14)17-13/h5-6,11H,3-4,7-10,14H2,1-2H3. The molecule has 1 aliphatic rings. The first-order valence-corrected chi connectivity index (χ1v) is 6.35. The fourth-order valence-corrected chi connectivity index (χ4v) is 2.52. The molecule has 0 bridgehead atoms. The van der Waals surface area contributed by atoms with Gasteiger partial charge in [-0.3, -0.25) is 4.90 Å². The second kappa shape index (κ2) is 5.67. The molecule has 0 aromatic carbocycles. The normalized spacial score (nSPS) is 21.5. The molecule has 1 aromatic heterocycles. The smallest absolute Gasteiger partial charge is 0.118 e. The van der Waals surface area contributed by atoms with E-state index in [1.807, 2.05) is 12.1 Å². The highest BCUT2D eigenvalue weighted by Gasteiger charge is 2.22. The van der Waals surface area contributed by atoms with E-state index in [1.54, 1.807) is 0 Å². The Morgan fingerprint density at radius 1 is 1.47 bits per heavy atom. The summed E-state index contributed by atoms with van der Waals surface area (Å²) in [6, 6.07) is 4.69. The Kier molecular flexibility index (Phi) is 4.20. The van der Waals surface area contributed by atoms with Crippen LogP contribution in [0.5, 0.6) is 0 Å². The van der Waals surface area contributed by atoms with E-state index in [0.717, 1.165) is 24.6 Å². The van der Waals surface area contributed by atoms with Gasteiger partial charge in [-0.15, -0.1) is 0 Å². The van der Waals surface area contributed by atoms with Gasteiger partial charge in [0.25, 0.3) is 0 Å². The molecular weight excluding hydrogens is 214 g/mol. The summed E-state index contributed by atoms with van der Waals surface area (Å²) < 4.78 is 5.61. The van der Waals surface area contributed by atoms with E-state index in [0.29, 0.717) is 12.6 Å². The van der Waals surface area contributed by atoms with Gasteiger partial charge in [-0.1, -0.05) is 0 Å². The number of likely N-dealkylation sites (N-methyl/N-ethyl adjacent to an activating group) is 2. The third-order valence-electron chi connectivity index (χ3n) is 3.54. The van der Waals surface area contributed by atoms with Gasteiger partial charge in [-0.25, -0.2) is 0 Å². The lowest BCUT2D eigenvalue weighted by atomic mass is 10.2. The van der Waals surface area contributed by atoms with Crippen LogP contribution in [-0.2, 0) is 13.1 Å². The minimum Gasteiger partial charge on any atom is -0.463 e. The lowest BCUT2D eigenvalue weighted by Gasteiger charge is -2.25. The van der Waals surface area contributed by atoms with Crippen molar-refractivity contribution in [3.8, 4) is 0 Å². The van der Waals surface area contributed by atoms with E-state index in [4.69, 9.17) is 10.2 Å². The van der Waals surface area contributed by atoms with Crippen molar-refractivity contribution >= 4 is 0 Å². The maximum Gasteiger partial charge on any atom is 0.118 e. The summed E-state index contributed by atoms with van der Waals surface area (Å²) in [7, 11) is 4.36. The molecule has 2 heterocycles. The molecule has 4 heteroatoms. The van der Waals surface area contributed by atoms with Gasteiger partial charge in [-0.05, 0) is 45.6 Å². The average molecular weight is 237 g/mol. The second-order valence-corrected chi connectivity index (χ2v) is 5.05. The van der Waals surface area contributed by atoms with Gasteiger partial charge in [0.2, 0.25) is 0 Å². The van der Waals surface area contributed by atoms with Crippen molar-refractivity contribution in [2.45, 2.75) is 32.0 Å². The Morgan fingerprint density at radius 3 is 2.82 bits per heavy atom. The van der Waals surface area contributed by atoms with Crippen LogP contribution in [0.3, 0.4) is 0 Å². The van der Waals surface area contributed by atoms with Crippen molar-refractivity contribution in [1.82, 2.24) is 9.80 Å². The number of hydrogen-bond acceptors (Lipinski definition) is 4. The van der Waals surface area contributed by atoms with Crippen LogP contribution in [0.4, 0.5) is 0 Å². The summed E-state index contributed by atoms with van der Waals surface area (Å²) in [5.74, 6) is 1.87. The third-order valence-corrected chi connectivity index (χ3v) is 3.54. The van der Waals surface area contributed by atoms with Crippen LogP contribution in [0.25, 0.3) is 0 Å². The Bertz CT molecular complexity index is 350. The van der Waals surface area contributed by atoms with E-state index >= 15 is 0 Å². The Balaban J connectivity index is 1.82. The number of nitrogens with two attached hydrogens (primary N) is 1. The predicted octanol–water partition coefficient (Wildman–Crippen LogP) is 1.26. The lowest BCUT2D eigenvalue weighted by molar-refractivity contribution is 0.205. The highest BCUT2D eigenvalue weighted by Crippen LogP contribution is 2.16. The predicted molar refractivity (Wildman–Crippen MR) is 68.6 cm³/mol. The van der Waals surface area contributed by atoms with Gasteiger partial charge >= 0.3 is 0 Å². The number of nitrogens with zero attached hydrogens (tertiary/aromatic N) is 2. The van der Waals surface area contributed by atoms with Crippen LogP contribution in [0, 0.1) is 0 Å². The molecule has 0 aliphatic carbocycles. The quantitative estimate of drug-likeness (QED) is 0.837. The molecule has 1 saturated heterocycles. The minimum absolute atomic E-state index is 0.481. The lowest BCUT2D eigenvalue weighted by Crippen LogP contribution is -2.36. The van der Waals surface area contributed by atoms with Crippen molar-refractivity contribution in [2.75, 3.05) is 27.2 Å². The first-order valence-electron chi connectivity index (χ1n) is 6.35. The monoisotopic (exact) mass is 237 g/mol. The van der Waals surface area contributed by atoms with Gasteiger partial charge in [0, 0.05) is 12.6 Å². The number of likely N-dealkylation sites (tertiary alicyclic amines) is 1. The van der Waals surface area contributed by atoms with Crippen LogP contribution < -0.4 is 5.73 Å². The largest absolute Gasteiger partial charge is 0.463 e. The summed E-state index contributed by atoms with van der Waals surface area (Å²) in [6.07, 6.45) is 2.64. The number of hydrogen-bond donors (Lipinski definition) is 1. The van der Waals surface area contributed by atoms with E-state index < -0.39 is 0 Å². The van der Waals surface area contributed by atoms with E-state index in [1.165, 1.54) is 19.4 Å². The molecule has 4 nitrogen and oxygen atoms in total. The molecule has 1 fully saturated rings. The molecule has 2 rings (SSSR count). The number of furan rings is 1. The Labute approximate surface area is 103 Å². The van der Waals surface area contributed by atoms with Crippen molar-refractivity contribution in [3.63, 3.8) is 0 Å². The fourth-order valence-electron chi connectivity index (χ4n) is 2.52. The molecule has 0 amide bonds. The van der Waals surface area contributed by atoms with Gasteiger partial charge < -0.3 is 15.1 Å². The number of rotatable bonds is 5. The zero-order valence-electron chi connectivity index (χ0n) is 10.9. The van der Waals surface area contributed by atoms with Gasteiger partial charge in [-0.2, -0.15) is 0 Å². The first-order chi connectivity index (χ1) is 8.19. The average Bonchev–Trinajstić information content (AvgIpc) is 2.89. The van der Waals surface area contributed by atoms with Crippen molar-refractivity contribution in [1.29, 1.82) is 0 Å². The summed E-state index contributed by atoms with van der Waals surface area (Å²) in [4.78, 5) is 4.77. The van der Waals surface area contributed by atoms with Gasteiger partial charge in [0.05, 0.1) is 13.1 Å². The molecule has 1 aromatic rings.